The third-order valence-electron chi connectivity index (χ3n) is 5.38. The molecule has 0 saturated carbocycles. The van der Waals surface area contributed by atoms with E-state index in [4.69, 9.17) is 9.47 Å². The van der Waals surface area contributed by atoms with Crippen LogP contribution in [0.5, 0.6) is 11.5 Å². The number of anilines is 2. The molecular formula is C23H23F3N6O3. The number of benzene rings is 1. The van der Waals surface area contributed by atoms with Crippen molar-refractivity contribution >= 4 is 18.0 Å². The number of amides is 1. The maximum absolute atomic E-state index is 13.2. The maximum atomic E-state index is 13.2. The van der Waals surface area contributed by atoms with Crippen molar-refractivity contribution < 1.29 is 27.4 Å². The number of carbonyl (C=O) groups is 1. The van der Waals surface area contributed by atoms with Gasteiger partial charge in [-0.2, -0.15) is 28.1 Å². The van der Waals surface area contributed by atoms with Crippen LogP contribution in [0.1, 0.15) is 43.4 Å². The molecule has 0 spiro atoms. The minimum absolute atomic E-state index is 0.153. The monoisotopic (exact) mass is 488 g/mol. The quantitative estimate of drug-likeness (QED) is 0.478. The number of nitrogens with one attached hydrogen (secondary N) is 1. The zero-order valence-electron chi connectivity index (χ0n) is 19.2. The van der Waals surface area contributed by atoms with Gasteiger partial charge in [-0.1, -0.05) is 19.1 Å². The molecule has 4 rings (SSSR count). The molecule has 2 aromatic heterocycles. The molecule has 1 amide bonds. The number of cyclic esters (lactones) is 1. The molecule has 12 heteroatoms. The van der Waals surface area contributed by atoms with Gasteiger partial charge in [-0.3, -0.25) is 0 Å². The molecule has 3 heterocycles. The van der Waals surface area contributed by atoms with Gasteiger partial charge in [0.05, 0.1) is 12.1 Å². The summed E-state index contributed by atoms with van der Waals surface area (Å²) < 4.78 is 50.0. The Hall–Kier alpha value is -3.96. The van der Waals surface area contributed by atoms with Crippen LogP contribution in [0.25, 0.3) is 0 Å². The van der Waals surface area contributed by atoms with Gasteiger partial charge in [-0.25, -0.2) is 14.7 Å². The summed E-state index contributed by atoms with van der Waals surface area (Å²) in [5.74, 6) is 0.774. The molecular weight excluding hydrogens is 465 g/mol. The normalized spacial score (nSPS) is 16.7. The smallest absolute Gasteiger partial charge is 0.437 e. The molecule has 0 bridgehead atoms. The number of alkyl halides is 3. The molecule has 1 fully saturated rings. The van der Waals surface area contributed by atoms with E-state index in [0.717, 1.165) is 11.8 Å². The number of nitrogens with zero attached hydrogens (tertiary/aromatic N) is 5. The summed E-state index contributed by atoms with van der Waals surface area (Å²) in [6.07, 6.45) is -3.37. The van der Waals surface area contributed by atoms with E-state index in [2.05, 4.69) is 25.3 Å². The van der Waals surface area contributed by atoms with Gasteiger partial charge in [0.25, 0.3) is 0 Å². The number of aryl methyl sites for hydroxylation is 1. The number of carbonyl (C=O) groups excluding carboxylic acids is 1. The lowest BCUT2D eigenvalue weighted by atomic mass is 10.1. The van der Waals surface area contributed by atoms with Crippen LogP contribution in [0, 0.1) is 6.92 Å². The Kier molecular flexibility index (Phi) is 6.72. The molecule has 1 unspecified atom stereocenters. The topological polar surface area (TPSA) is 102 Å². The minimum Gasteiger partial charge on any atom is -0.455 e. The number of pyridine rings is 1. The number of rotatable bonds is 7. The lowest BCUT2D eigenvalue weighted by molar-refractivity contribution is -0.142. The van der Waals surface area contributed by atoms with Gasteiger partial charge in [0.2, 0.25) is 11.9 Å². The van der Waals surface area contributed by atoms with E-state index >= 15 is 0 Å². The van der Waals surface area contributed by atoms with Crippen molar-refractivity contribution in [2.45, 2.75) is 45.5 Å². The van der Waals surface area contributed by atoms with E-state index in [-0.39, 0.29) is 42.1 Å². The molecule has 1 N–H and O–H groups in total. The largest absolute Gasteiger partial charge is 0.455 e. The van der Waals surface area contributed by atoms with Crippen molar-refractivity contribution in [1.29, 1.82) is 0 Å². The van der Waals surface area contributed by atoms with E-state index in [9.17, 15) is 18.0 Å². The van der Waals surface area contributed by atoms with Gasteiger partial charge < -0.3 is 14.8 Å². The highest BCUT2D eigenvalue weighted by Gasteiger charge is 2.37. The van der Waals surface area contributed by atoms with E-state index < -0.39 is 18.0 Å². The second-order valence-electron chi connectivity index (χ2n) is 7.90. The van der Waals surface area contributed by atoms with Crippen LogP contribution in [0.15, 0.2) is 42.6 Å². The van der Waals surface area contributed by atoms with Crippen LogP contribution in [0.4, 0.5) is 29.9 Å². The number of aromatic nitrogens is 4. The van der Waals surface area contributed by atoms with Crippen LogP contribution in [-0.2, 0) is 10.9 Å². The number of hydrogen-bond donors (Lipinski definition) is 1. The van der Waals surface area contributed by atoms with Gasteiger partial charge in [-0.05, 0) is 50.1 Å². The third-order valence-corrected chi connectivity index (χ3v) is 5.38. The highest BCUT2D eigenvalue weighted by atomic mass is 19.4. The molecule has 1 saturated heterocycles. The van der Waals surface area contributed by atoms with Crippen molar-refractivity contribution in [2.75, 3.05) is 16.8 Å². The molecule has 1 aromatic carbocycles. The summed E-state index contributed by atoms with van der Waals surface area (Å²) in [7, 11) is 0. The van der Waals surface area contributed by atoms with E-state index in [1.165, 1.54) is 17.0 Å². The van der Waals surface area contributed by atoms with Gasteiger partial charge >= 0.3 is 12.3 Å². The number of halogens is 3. The summed E-state index contributed by atoms with van der Waals surface area (Å²) in [5, 5.41) is 3.17. The Morgan fingerprint density at radius 1 is 1.20 bits per heavy atom. The van der Waals surface area contributed by atoms with E-state index in [1.54, 1.807) is 31.2 Å². The van der Waals surface area contributed by atoms with Gasteiger partial charge in [-0.15, -0.1) is 0 Å². The second-order valence-corrected chi connectivity index (χ2v) is 7.90. The Labute approximate surface area is 199 Å². The first-order chi connectivity index (χ1) is 16.7. The van der Waals surface area contributed by atoms with Crippen molar-refractivity contribution in [3.05, 3.63) is 59.7 Å². The molecule has 3 aromatic rings. The summed E-state index contributed by atoms with van der Waals surface area (Å²) in [6.45, 7) is 5.79. The van der Waals surface area contributed by atoms with E-state index in [1.807, 2.05) is 13.8 Å². The average molecular weight is 488 g/mol. The number of hydrogen-bond acceptors (Lipinski definition) is 8. The summed E-state index contributed by atoms with van der Waals surface area (Å²) in [6, 6.07) is 8.74. The lowest BCUT2D eigenvalue weighted by Gasteiger charge is -2.20. The van der Waals surface area contributed by atoms with Gasteiger partial charge in [0, 0.05) is 6.20 Å². The predicted molar refractivity (Wildman–Crippen MR) is 120 cm³/mol. The second kappa shape index (κ2) is 9.72. The maximum Gasteiger partial charge on any atom is 0.437 e. The summed E-state index contributed by atoms with van der Waals surface area (Å²) >= 11 is 0. The Balaban J connectivity index is 1.48. The van der Waals surface area contributed by atoms with Crippen LogP contribution in [-0.4, -0.2) is 38.7 Å². The summed E-state index contributed by atoms with van der Waals surface area (Å²) in [5.41, 5.74) is -0.279. The van der Waals surface area contributed by atoms with Crippen molar-refractivity contribution in [3.63, 3.8) is 0 Å². The SMILES string of the molecule is CCC1COC(=O)N1c1nc(C)nc(N[C@H](C)c2ccc(Oc3cccnc3C(F)(F)F)cc2)n1. The van der Waals surface area contributed by atoms with Crippen molar-refractivity contribution in [2.24, 2.45) is 0 Å². The first kappa shape index (κ1) is 24.2. The number of ether oxygens (including phenoxy) is 2. The molecule has 0 aliphatic carbocycles. The summed E-state index contributed by atoms with van der Waals surface area (Å²) in [4.78, 5) is 29.9. The Morgan fingerprint density at radius 2 is 1.94 bits per heavy atom. The Bertz CT molecular complexity index is 1210. The molecule has 9 nitrogen and oxygen atoms in total. The van der Waals surface area contributed by atoms with Crippen LogP contribution in [0.2, 0.25) is 0 Å². The molecule has 35 heavy (non-hydrogen) atoms. The molecule has 0 radical (unpaired) electrons. The van der Waals surface area contributed by atoms with Gasteiger partial charge in [0.15, 0.2) is 11.4 Å². The molecule has 1 aliphatic heterocycles. The van der Waals surface area contributed by atoms with Crippen LogP contribution < -0.4 is 15.0 Å². The first-order valence-corrected chi connectivity index (χ1v) is 10.9. The average Bonchev–Trinajstić information content (AvgIpc) is 3.19. The standard InChI is InChI=1S/C23H23F3N6O3/c1-4-16-12-34-22(33)32(16)21-30-14(3)29-20(31-21)28-13(2)15-7-9-17(10-8-15)35-18-6-5-11-27-19(18)23(24,25)26/h5-11,13,16H,4,12H2,1-3H3,(H,28,29,30,31)/t13-,16?/m1/s1. The fraction of sp³-hybridized carbons (Fsp3) is 0.348. The van der Waals surface area contributed by atoms with Crippen LogP contribution in [0.3, 0.4) is 0 Å². The third kappa shape index (κ3) is 5.42. The zero-order valence-corrected chi connectivity index (χ0v) is 19.2. The van der Waals surface area contributed by atoms with Crippen molar-refractivity contribution in [1.82, 2.24) is 19.9 Å². The van der Waals surface area contributed by atoms with E-state index in [0.29, 0.717) is 12.2 Å². The Morgan fingerprint density at radius 3 is 2.63 bits per heavy atom. The highest BCUT2D eigenvalue weighted by Crippen LogP contribution is 2.36. The molecule has 184 valence electrons. The molecule has 2 atom stereocenters. The fourth-order valence-electron chi connectivity index (χ4n) is 3.56. The molecule has 1 aliphatic rings. The highest BCUT2D eigenvalue weighted by molar-refractivity contribution is 5.88. The lowest BCUT2D eigenvalue weighted by Crippen LogP contribution is -2.34. The fourth-order valence-corrected chi connectivity index (χ4v) is 3.56. The van der Waals surface area contributed by atoms with Gasteiger partial charge in [0.1, 0.15) is 18.2 Å². The predicted octanol–water partition coefficient (Wildman–Crippen LogP) is 5.29. The van der Waals surface area contributed by atoms with Crippen LogP contribution >= 0.6 is 0 Å². The minimum atomic E-state index is -4.63. The first-order valence-electron chi connectivity index (χ1n) is 10.9. The zero-order chi connectivity index (χ0) is 25.2. The van der Waals surface area contributed by atoms with Crippen molar-refractivity contribution in [3.8, 4) is 11.5 Å².